The molecule has 1 aromatic heterocycles. The largest absolute Gasteiger partial charge is 0.507 e. The number of aromatic hydroxyl groups is 1. The highest BCUT2D eigenvalue weighted by atomic mass is 16.3. The maximum atomic E-state index is 12.3. The normalized spacial score (nSPS) is 11.4. The number of nitriles is 1. The third-order valence-electron chi connectivity index (χ3n) is 4.33. The van der Waals surface area contributed by atoms with Gasteiger partial charge in [0.25, 0.3) is 5.56 Å². The number of anilines is 1. The number of H-pyrrole nitrogens is 1. The molecule has 0 aliphatic heterocycles. The fourth-order valence-electron chi connectivity index (χ4n) is 2.87. The Kier molecular flexibility index (Phi) is 5.46. The van der Waals surface area contributed by atoms with E-state index in [0.717, 1.165) is 5.56 Å². The lowest BCUT2D eigenvalue weighted by Crippen LogP contribution is -2.16. The van der Waals surface area contributed by atoms with E-state index < -0.39 is 5.56 Å². The molecule has 3 rings (SSSR count). The Bertz CT molecular complexity index is 1150. The van der Waals surface area contributed by atoms with Crippen molar-refractivity contribution in [2.45, 2.75) is 26.2 Å². The lowest BCUT2D eigenvalue weighted by Gasteiger charge is -2.21. The molecule has 0 atom stereocenters. The number of nitrogens with zero attached hydrogens (tertiary/aromatic N) is 3. The van der Waals surface area contributed by atoms with Gasteiger partial charge in [0.05, 0.1) is 11.9 Å². The number of benzene rings is 2. The molecule has 3 aromatic rings. The van der Waals surface area contributed by atoms with Crippen molar-refractivity contribution in [1.29, 1.82) is 5.26 Å². The molecule has 0 spiro atoms. The number of hydrazone groups is 1. The van der Waals surface area contributed by atoms with Crippen LogP contribution in [0.4, 0.5) is 5.95 Å². The molecular weight excluding hydrogens is 366 g/mol. The van der Waals surface area contributed by atoms with Gasteiger partial charge in [0, 0.05) is 11.1 Å². The zero-order valence-corrected chi connectivity index (χ0v) is 16.4. The van der Waals surface area contributed by atoms with E-state index >= 15 is 0 Å². The number of hydrogen-bond acceptors (Lipinski definition) is 6. The highest BCUT2D eigenvalue weighted by molar-refractivity contribution is 5.84. The Morgan fingerprint density at radius 1 is 1.17 bits per heavy atom. The summed E-state index contributed by atoms with van der Waals surface area (Å²) in [6, 6.07) is 16.3. The summed E-state index contributed by atoms with van der Waals surface area (Å²) in [5.41, 5.74) is 4.08. The van der Waals surface area contributed by atoms with E-state index in [9.17, 15) is 15.2 Å². The predicted octanol–water partition coefficient (Wildman–Crippen LogP) is 3.76. The SMILES string of the molecule is CC(C)(C)c1cccc(C=NNc2nc(-c3ccccc3)c(C#N)c(=O)[nH]2)c1O. The Morgan fingerprint density at radius 2 is 1.90 bits per heavy atom. The lowest BCUT2D eigenvalue weighted by molar-refractivity contribution is 0.446. The third-order valence-corrected chi connectivity index (χ3v) is 4.33. The number of para-hydroxylation sites is 1. The van der Waals surface area contributed by atoms with Crippen molar-refractivity contribution >= 4 is 12.2 Å². The summed E-state index contributed by atoms with van der Waals surface area (Å²) < 4.78 is 0. The van der Waals surface area contributed by atoms with E-state index in [-0.39, 0.29) is 28.4 Å². The zero-order chi connectivity index (χ0) is 21.0. The monoisotopic (exact) mass is 387 g/mol. The predicted molar refractivity (Wildman–Crippen MR) is 113 cm³/mol. The molecule has 0 fully saturated rings. The molecule has 29 heavy (non-hydrogen) atoms. The highest BCUT2D eigenvalue weighted by Crippen LogP contribution is 2.32. The van der Waals surface area contributed by atoms with Gasteiger partial charge in [-0.15, -0.1) is 0 Å². The quantitative estimate of drug-likeness (QED) is 0.466. The summed E-state index contributed by atoms with van der Waals surface area (Å²) >= 11 is 0. The minimum Gasteiger partial charge on any atom is -0.507 e. The van der Waals surface area contributed by atoms with Gasteiger partial charge in [-0.2, -0.15) is 10.4 Å². The first-order valence-electron chi connectivity index (χ1n) is 9.02. The van der Waals surface area contributed by atoms with Gasteiger partial charge in [-0.3, -0.25) is 9.78 Å². The molecule has 0 saturated heterocycles. The van der Waals surface area contributed by atoms with Crippen LogP contribution in [0.15, 0.2) is 58.4 Å². The summed E-state index contributed by atoms with van der Waals surface area (Å²) in [5.74, 6) is 0.243. The average molecular weight is 387 g/mol. The van der Waals surface area contributed by atoms with Crippen LogP contribution in [0.25, 0.3) is 11.3 Å². The molecule has 146 valence electrons. The molecule has 7 heteroatoms. The van der Waals surface area contributed by atoms with Gasteiger partial charge < -0.3 is 5.11 Å². The van der Waals surface area contributed by atoms with E-state index in [1.54, 1.807) is 30.3 Å². The van der Waals surface area contributed by atoms with Crippen molar-refractivity contribution in [3.05, 3.63) is 75.6 Å². The number of phenols is 1. The van der Waals surface area contributed by atoms with E-state index in [0.29, 0.717) is 11.1 Å². The first-order valence-corrected chi connectivity index (χ1v) is 9.02. The molecule has 0 aliphatic rings. The van der Waals surface area contributed by atoms with Crippen LogP contribution in [-0.2, 0) is 5.41 Å². The second kappa shape index (κ2) is 7.98. The number of hydrogen-bond donors (Lipinski definition) is 3. The first-order chi connectivity index (χ1) is 13.8. The number of nitrogens with one attached hydrogen (secondary N) is 2. The van der Waals surface area contributed by atoms with Crippen LogP contribution in [0.5, 0.6) is 5.75 Å². The van der Waals surface area contributed by atoms with Crippen LogP contribution in [0, 0.1) is 11.3 Å². The molecule has 3 N–H and O–H groups in total. The molecule has 0 saturated carbocycles. The Labute approximate surface area is 168 Å². The summed E-state index contributed by atoms with van der Waals surface area (Å²) in [5, 5.41) is 23.9. The number of rotatable bonds is 4. The summed E-state index contributed by atoms with van der Waals surface area (Å²) in [4.78, 5) is 19.1. The number of aromatic amines is 1. The minimum absolute atomic E-state index is 0.0683. The molecule has 0 amide bonds. The topological polar surface area (TPSA) is 114 Å². The fraction of sp³-hybridized carbons (Fsp3) is 0.182. The maximum Gasteiger partial charge on any atom is 0.270 e. The third kappa shape index (κ3) is 4.33. The zero-order valence-electron chi connectivity index (χ0n) is 16.4. The molecule has 0 aliphatic carbocycles. The van der Waals surface area contributed by atoms with Gasteiger partial charge in [0.15, 0.2) is 0 Å². The van der Waals surface area contributed by atoms with Crippen LogP contribution < -0.4 is 11.0 Å². The summed E-state index contributed by atoms with van der Waals surface area (Å²) in [6.45, 7) is 6.03. The smallest absolute Gasteiger partial charge is 0.270 e. The van der Waals surface area contributed by atoms with E-state index in [1.165, 1.54) is 6.21 Å². The van der Waals surface area contributed by atoms with E-state index in [2.05, 4.69) is 20.5 Å². The van der Waals surface area contributed by atoms with Gasteiger partial charge in [0.1, 0.15) is 17.4 Å². The molecule has 0 radical (unpaired) electrons. The number of aromatic nitrogens is 2. The van der Waals surface area contributed by atoms with Crippen molar-refractivity contribution < 1.29 is 5.11 Å². The Morgan fingerprint density at radius 3 is 2.55 bits per heavy atom. The Hall–Kier alpha value is -3.92. The molecule has 1 heterocycles. The minimum atomic E-state index is -0.559. The summed E-state index contributed by atoms with van der Waals surface area (Å²) in [7, 11) is 0. The van der Waals surface area contributed by atoms with Crippen molar-refractivity contribution in [1.82, 2.24) is 9.97 Å². The van der Waals surface area contributed by atoms with Crippen molar-refractivity contribution in [2.75, 3.05) is 5.43 Å². The lowest BCUT2D eigenvalue weighted by atomic mass is 9.85. The second-order valence-corrected chi connectivity index (χ2v) is 7.48. The molecule has 2 aromatic carbocycles. The first kappa shape index (κ1) is 19.8. The number of phenolic OH excluding ortho intramolecular Hbond substituents is 1. The van der Waals surface area contributed by atoms with Crippen molar-refractivity contribution in [2.24, 2.45) is 5.10 Å². The van der Waals surface area contributed by atoms with Crippen molar-refractivity contribution in [3.8, 4) is 23.1 Å². The average Bonchev–Trinajstić information content (AvgIpc) is 2.68. The van der Waals surface area contributed by atoms with Crippen molar-refractivity contribution in [3.63, 3.8) is 0 Å². The summed E-state index contributed by atoms with van der Waals surface area (Å²) in [6.07, 6.45) is 1.45. The van der Waals surface area contributed by atoms with Gasteiger partial charge in [-0.25, -0.2) is 10.4 Å². The van der Waals surface area contributed by atoms with Crippen LogP contribution >= 0.6 is 0 Å². The maximum absolute atomic E-state index is 12.3. The van der Waals surface area contributed by atoms with E-state index in [1.807, 2.05) is 45.0 Å². The molecule has 0 unspecified atom stereocenters. The van der Waals surface area contributed by atoms with Gasteiger partial charge in [-0.05, 0) is 17.0 Å². The second-order valence-electron chi connectivity index (χ2n) is 7.48. The molecule has 0 bridgehead atoms. The Balaban J connectivity index is 1.92. The van der Waals surface area contributed by atoms with Gasteiger partial charge in [0.2, 0.25) is 5.95 Å². The molecule has 7 nitrogen and oxygen atoms in total. The van der Waals surface area contributed by atoms with E-state index in [4.69, 9.17) is 0 Å². The van der Waals surface area contributed by atoms with Gasteiger partial charge in [-0.1, -0.05) is 63.2 Å². The highest BCUT2D eigenvalue weighted by Gasteiger charge is 2.19. The van der Waals surface area contributed by atoms with Crippen LogP contribution in [0.3, 0.4) is 0 Å². The van der Waals surface area contributed by atoms with Crippen LogP contribution in [0.2, 0.25) is 0 Å². The standard InChI is InChI=1S/C22H21N5O2/c1-22(2,3)17-11-7-10-15(19(17)28)13-24-27-21-25-18(14-8-5-4-6-9-14)16(12-23)20(29)26-21/h4-11,13,28H,1-3H3,(H2,25,26,27,29). The van der Waals surface area contributed by atoms with Crippen LogP contribution in [0.1, 0.15) is 37.5 Å². The molecular formula is C22H21N5O2. The van der Waals surface area contributed by atoms with Crippen LogP contribution in [-0.4, -0.2) is 21.3 Å². The van der Waals surface area contributed by atoms with Gasteiger partial charge >= 0.3 is 0 Å². The fourth-order valence-corrected chi connectivity index (χ4v) is 2.87.